The van der Waals surface area contributed by atoms with Crippen molar-refractivity contribution in [2.45, 2.75) is 38.3 Å². The first-order chi connectivity index (χ1) is 10.4. The molecule has 1 fully saturated rings. The van der Waals surface area contributed by atoms with Crippen LogP contribution in [0.4, 0.5) is 8.78 Å². The number of carbonyl (C=O) groups is 1. The highest BCUT2D eigenvalue weighted by Crippen LogP contribution is 2.46. The summed E-state index contributed by atoms with van der Waals surface area (Å²) in [7, 11) is 0. The topological polar surface area (TPSA) is 46.9 Å². The highest BCUT2D eigenvalue weighted by atomic mass is 19.1. The number of aryl methyl sites for hydroxylation is 1. The van der Waals surface area contributed by atoms with E-state index in [1.54, 1.807) is 23.9 Å². The number of carbonyl (C=O) groups excluding carboxylic acids is 1. The first-order valence-electron chi connectivity index (χ1n) is 7.20. The monoisotopic (exact) mass is 305 g/mol. The molecule has 4 nitrogen and oxygen atoms in total. The predicted octanol–water partition coefficient (Wildman–Crippen LogP) is 2.84. The lowest BCUT2D eigenvalue weighted by molar-refractivity contribution is -0.125. The van der Waals surface area contributed by atoms with Crippen LogP contribution in [0.1, 0.15) is 37.2 Å². The minimum absolute atomic E-state index is 0.218. The van der Waals surface area contributed by atoms with Gasteiger partial charge in [-0.3, -0.25) is 4.79 Å². The van der Waals surface area contributed by atoms with E-state index >= 15 is 0 Å². The average Bonchev–Trinajstić information content (AvgIpc) is 3.13. The molecular formula is C16H17F2N3O. The molecule has 1 aromatic heterocycles. The molecule has 1 heterocycles. The molecule has 0 saturated heterocycles. The van der Waals surface area contributed by atoms with E-state index in [0.717, 1.165) is 24.0 Å². The first-order valence-corrected chi connectivity index (χ1v) is 7.20. The molecule has 3 rings (SSSR count). The predicted molar refractivity (Wildman–Crippen MR) is 77.1 cm³/mol. The van der Waals surface area contributed by atoms with Crippen molar-refractivity contribution in [1.82, 2.24) is 14.9 Å². The van der Waals surface area contributed by atoms with E-state index in [1.165, 1.54) is 0 Å². The van der Waals surface area contributed by atoms with E-state index < -0.39 is 23.2 Å². The fraction of sp³-hybridized carbons (Fsp3) is 0.375. The Morgan fingerprint density at radius 2 is 2.14 bits per heavy atom. The minimum Gasteiger partial charge on any atom is -0.345 e. The van der Waals surface area contributed by atoms with Crippen molar-refractivity contribution in [2.75, 3.05) is 0 Å². The van der Waals surface area contributed by atoms with Crippen LogP contribution in [0.2, 0.25) is 0 Å². The summed E-state index contributed by atoms with van der Waals surface area (Å²) in [4.78, 5) is 16.5. The van der Waals surface area contributed by atoms with Crippen LogP contribution >= 0.6 is 0 Å². The van der Waals surface area contributed by atoms with Gasteiger partial charge >= 0.3 is 0 Å². The third-order valence-corrected chi connectivity index (χ3v) is 4.22. The number of nitrogens with zero attached hydrogens (tertiary/aromatic N) is 2. The summed E-state index contributed by atoms with van der Waals surface area (Å²) in [5, 5.41) is 2.87. The van der Waals surface area contributed by atoms with Crippen LogP contribution in [0, 0.1) is 18.6 Å². The van der Waals surface area contributed by atoms with Gasteiger partial charge in [0.1, 0.15) is 23.5 Å². The van der Waals surface area contributed by atoms with Crippen molar-refractivity contribution in [1.29, 1.82) is 0 Å². The SMILES string of the molecule is Cc1nccn1[C@@H](C)C(=O)NC1(c2cc(F)ccc2F)CC1. The molecule has 0 radical (unpaired) electrons. The smallest absolute Gasteiger partial charge is 0.243 e. The van der Waals surface area contributed by atoms with E-state index in [1.807, 2.05) is 6.92 Å². The third-order valence-electron chi connectivity index (χ3n) is 4.22. The van der Waals surface area contributed by atoms with Gasteiger partial charge in [-0.15, -0.1) is 0 Å². The van der Waals surface area contributed by atoms with Crippen LogP contribution < -0.4 is 5.32 Å². The maximum Gasteiger partial charge on any atom is 0.243 e. The molecule has 0 spiro atoms. The second kappa shape index (κ2) is 5.19. The summed E-state index contributed by atoms with van der Waals surface area (Å²) in [5.74, 6) is -0.507. The van der Waals surface area contributed by atoms with Crippen LogP contribution in [0.3, 0.4) is 0 Å². The Kier molecular flexibility index (Phi) is 3.47. The van der Waals surface area contributed by atoms with Crippen molar-refractivity contribution in [2.24, 2.45) is 0 Å². The molecule has 6 heteroatoms. The number of amides is 1. The van der Waals surface area contributed by atoms with E-state index in [4.69, 9.17) is 0 Å². The zero-order valence-electron chi connectivity index (χ0n) is 12.4. The molecule has 1 saturated carbocycles. The van der Waals surface area contributed by atoms with Gasteiger partial charge in [0, 0.05) is 18.0 Å². The second-order valence-electron chi connectivity index (χ2n) is 5.75. The molecule has 1 aromatic carbocycles. The normalized spacial score (nSPS) is 17.1. The average molecular weight is 305 g/mol. The largest absolute Gasteiger partial charge is 0.345 e. The summed E-state index contributed by atoms with van der Waals surface area (Å²) in [6.45, 7) is 3.56. The molecule has 1 aliphatic rings. The molecule has 1 aliphatic carbocycles. The lowest BCUT2D eigenvalue weighted by Gasteiger charge is -2.22. The number of aromatic nitrogens is 2. The fourth-order valence-corrected chi connectivity index (χ4v) is 2.71. The molecule has 0 aliphatic heterocycles. The Labute approximate surface area is 127 Å². The van der Waals surface area contributed by atoms with E-state index in [9.17, 15) is 13.6 Å². The molecule has 0 bridgehead atoms. The van der Waals surface area contributed by atoms with Gasteiger partial charge in [-0.1, -0.05) is 0 Å². The lowest BCUT2D eigenvalue weighted by atomic mass is 10.0. The molecule has 2 aromatic rings. The number of hydrogen-bond acceptors (Lipinski definition) is 2. The number of benzene rings is 1. The zero-order chi connectivity index (χ0) is 15.9. The Morgan fingerprint density at radius 1 is 1.41 bits per heavy atom. The van der Waals surface area contributed by atoms with E-state index in [-0.39, 0.29) is 11.5 Å². The number of hydrogen-bond donors (Lipinski definition) is 1. The molecule has 0 unspecified atom stereocenters. The third kappa shape index (κ3) is 2.49. The van der Waals surface area contributed by atoms with E-state index in [2.05, 4.69) is 10.3 Å². The van der Waals surface area contributed by atoms with Gasteiger partial charge < -0.3 is 9.88 Å². The van der Waals surface area contributed by atoms with Gasteiger partial charge in [0.2, 0.25) is 5.91 Å². The number of imidazole rings is 1. The van der Waals surface area contributed by atoms with Gasteiger partial charge in [-0.05, 0) is 44.9 Å². The van der Waals surface area contributed by atoms with Gasteiger partial charge in [0.25, 0.3) is 0 Å². The summed E-state index contributed by atoms with van der Waals surface area (Å²) in [5.41, 5.74) is -0.568. The first kappa shape index (κ1) is 14.7. The molecule has 1 atom stereocenters. The minimum atomic E-state index is -0.786. The quantitative estimate of drug-likeness (QED) is 0.944. The zero-order valence-corrected chi connectivity index (χ0v) is 12.4. The Morgan fingerprint density at radius 3 is 2.73 bits per heavy atom. The van der Waals surface area contributed by atoms with Crippen molar-refractivity contribution < 1.29 is 13.6 Å². The fourth-order valence-electron chi connectivity index (χ4n) is 2.71. The molecule has 1 N–H and O–H groups in total. The van der Waals surface area contributed by atoms with Crippen LogP contribution in [-0.4, -0.2) is 15.5 Å². The molecule has 1 amide bonds. The Bertz CT molecular complexity index is 722. The summed E-state index contributed by atoms with van der Waals surface area (Å²) in [6, 6.07) is 2.88. The van der Waals surface area contributed by atoms with Crippen molar-refractivity contribution in [3.8, 4) is 0 Å². The highest BCUT2D eigenvalue weighted by molar-refractivity contribution is 5.81. The maximum atomic E-state index is 14.0. The van der Waals surface area contributed by atoms with Gasteiger partial charge in [-0.2, -0.15) is 0 Å². The number of rotatable bonds is 4. The van der Waals surface area contributed by atoms with Gasteiger partial charge in [-0.25, -0.2) is 13.8 Å². The Balaban J connectivity index is 1.82. The number of nitrogens with one attached hydrogen (secondary N) is 1. The van der Waals surface area contributed by atoms with Crippen molar-refractivity contribution in [3.05, 3.63) is 53.6 Å². The van der Waals surface area contributed by atoms with Gasteiger partial charge in [0.15, 0.2) is 0 Å². The summed E-state index contributed by atoms with van der Waals surface area (Å²) in [6.07, 6.45) is 4.56. The maximum absolute atomic E-state index is 14.0. The van der Waals surface area contributed by atoms with Crippen molar-refractivity contribution in [3.63, 3.8) is 0 Å². The lowest BCUT2D eigenvalue weighted by Crippen LogP contribution is -2.39. The Hall–Kier alpha value is -2.24. The van der Waals surface area contributed by atoms with Gasteiger partial charge in [0.05, 0.1) is 5.54 Å². The van der Waals surface area contributed by atoms with Crippen LogP contribution in [0.5, 0.6) is 0 Å². The molecular weight excluding hydrogens is 288 g/mol. The van der Waals surface area contributed by atoms with Crippen LogP contribution in [-0.2, 0) is 10.3 Å². The highest BCUT2D eigenvalue weighted by Gasteiger charge is 2.48. The second-order valence-corrected chi connectivity index (χ2v) is 5.75. The molecule has 116 valence electrons. The molecule has 22 heavy (non-hydrogen) atoms. The van der Waals surface area contributed by atoms with Crippen LogP contribution in [0.25, 0.3) is 0 Å². The van der Waals surface area contributed by atoms with E-state index in [0.29, 0.717) is 12.8 Å². The van der Waals surface area contributed by atoms with Crippen LogP contribution in [0.15, 0.2) is 30.6 Å². The summed E-state index contributed by atoms with van der Waals surface area (Å²) >= 11 is 0. The summed E-state index contributed by atoms with van der Waals surface area (Å²) < 4.78 is 29.1. The van der Waals surface area contributed by atoms with Crippen molar-refractivity contribution >= 4 is 5.91 Å². The number of halogens is 2. The standard InChI is InChI=1S/C16H17F2N3O/c1-10(21-8-7-19-11(21)2)15(22)20-16(5-6-16)13-9-12(17)3-4-14(13)18/h3-4,7-10H,5-6H2,1-2H3,(H,20,22)/t10-/m0/s1.